The predicted octanol–water partition coefficient (Wildman–Crippen LogP) is 1.67. The van der Waals surface area contributed by atoms with Crippen LogP contribution in [0.15, 0.2) is 0 Å². The van der Waals surface area contributed by atoms with Crippen molar-refractivity contribution in [2.24, 2.45) is 0 Å². The molecule has 20 heavy (non-hydrogen) atoms. The molecule has 0 saturated carbocycles. The third kappa shape index (κ3) is 4.00. The number of aryl methyl sites for hydroxylation is 1. The first kappa shape index (κ1) is 16.6. The molecule has 1 heterocycles. The van der Waals surface area contributed by atoms with Crippen LogP contribution in [0.4, 0.5) is 8.78 Å². The predicted molar refractivity (Wildman–Crippen MR) is 70.6 cm³/mol. The molecule has 0 radical (unpaired) electrons. The number of aromatic nitrogens is 2. The van der Waals surface area contributed by atoms with Crippen molar-refractivity contribution < 1.29 is 18.7 Å². The van der Waals surface area contributed by atoms with Crippen LogP contribution in [-0.4, -0.2) is 44.9 Å². The van der Waals surface area contributed by atoms with Gasteiger partial charge in [0.2, 0.25) is 5.91 Å². The van der Waals surface area contributed by atoms with Crippen molar-refractivity contribution in [2.45, 2.75) is 46.3 Å². The Morgan fingerprint density at radius 1 is 1.45 bits per heavy atom. The first-order valence-electron chi connectivity index (χ1n) is 6.32. The van der Waals surface area contributed by atoms with Gasteiger partial charge in [0, 0.05) is 24.8 Å². The summed E-state index contributed by atoms with van der Waals surface area (Å²) in [6.45, 7) is 3.78. The van der Waals surface area contributed by atoms with E-state index in [0.29, 0.717) is 21.6 Å². The number of carbonyl (C=O) groups excluding carboxylic acids is 1. The summed E-state index contributed by atoms with van der Waals surface area (Å²) in [6.07, 6.45) is -0.00301. The topological polar surface area (TPSA) is 58.4 Å². The molecule has 0 fully saturated rings. The number of hydrogen-bond acceptors (Lipinski definition) is 3. The maximum Gasteiger partial charge on any atom is 0.333 e. The third-order valence-corrected chi connectivity index (χ3v) is 3.04. The van der Waals surface area contributed by atoms with Crippen LogP contribution in [0.3, 0.4) is 0 Å². The van der Waals surface area contributed by atoms with Gasteiger partial charge in [0.25, 0.3) is 0 Å². The number of carbonyl (C=O) groups is 1. The molecular formula is C13H21F2N3O2. The Hall–Kier alpha value is -1.50. The van der Waals surface area contributed by atoms with Crippen molar-refractivity contribution >= 4 is 5.91 Å². The molecule has 0 bridgehead atoms. The highest BCUT2D eigenvalue weighted by atomic mass is 19.3. The van der Waals surface area contributed by atoms with Crippen LogP contribution in [-0.2, 0) is 11.2 Å². The summed E-state index contributed by atoms with van der Waals surface area (Å²) in [5.41, 5.74) is 0.231. The van der Waals surface area contributed by atoms with E-state index in [2.05, 4.69) is 5.10 Å². The van der Waals surface area contributed by atoms with E-state index in [4.69, 9.17) is 0 Å². The van der Waals surface area contributed by atoms with Crippen LogP contribution in [0.5, 0.6) is 0 Å². The third-order valence-electron chi connectivity index (χ3n) is 3.04. The van der Waals surface area contributed by atoms with E-state index in [-0.39, 0.29) is 18.9 Å². The van der Waals surface area contributed by atoms with Gasteiger partial charge in [0.05, 0.1) is 17.7 Å². The fraction of sp³-hybridized carbons (Fsp3) is 0.692. The molecule has 0 unspecified atom stereocenters. The molecule has 0 aliphatic heterocycles. The lowest BCUT2D eigenvalue weighted by molar-refractivity contribution is -0.131. The number of rotatable bonds is 5. The number of nitrogens with zero attached hydrogens (tertiary/aromatic N) is 3. The monoisotopic (exact) mass is 289 g/mol. The second kappa shape index (κ2) is 5.87. The summed E-state index contributed by atoms with van der Waals surface area (Å²) < 4.78 is 26.0. The van der Waals surface area contributed by atoms with Crippen molar-refractivity contribution in [1.82, 2.24) is 14.7 Å². The van der Waals surface area contributed by atoms with E-state index in [9.17, 15) is 18.7 Å². The van der Waals surface area contributed by atoms with Crippen molar-refractivity contribution in [3.05, 3.63) is 17.0 Å². The van der Waals surface area contributed by atoms with E-state index in [1.54, 1.807) is 27.8 Å². The average Bonchev–Trinajstić information content (AvgIpc) is 2.54. The van der Waals surface area contributed by atoms with Gasteiger partial charge < -0.3 is 10.0 Å². The Morgan fingerprint density at radius 2 is 2.00 bits per heavy atom. The Labute approximate surface area is 117 Å². The summed E-state index contributed by atoms with van der Waals surface area (Å²) >= 11 is 0. The first-order chi connectivity index (χ1) is 9.03. The number of halogens is 2. The maximum atomic E-state index is 12.7. The summed E-state index contributed by atoms with van der Waals surface area (Å²) in [7, 11) is 1.57. The van der Waals surface area contributed by atoms with Gasteiger partial charge in [-0.15, -0.1) is 0 Å². The van der Waals surface area contributed by atoms with Gasteiger partial charge in [-0.05, 0) is 27.7 Å². The van der Waals surface area contributed by atoms with Crippen molar-refractivity contribution in [3.8, 4) is 0 Å². The average molecular weight is 289 g/mol. The highest BCUT2D eigenvalue weighted by molar-refractivity contribution is 5.79. The Morgan fingerprint density at radius 3 is 2.40 bits per heavy atom. The van der Waals surface area contributed by atoms with E-state index in [0.717, 1.165) is 0 Å². The fourth-order valence-electron chi connectivity index (χ4n) is 2.10. The van der Waals surface area contributed by atoms with Gasteiger partial charge in [-0.25, -0.2) is 4.68 Å². The molecule has 0 saturated heterocycles. The molecule has 1 aromatic rings. The Kier molecular flexibility index (Phi) is 4.86. The summed E-state index contributed by atoms with van der Waals surface area (Å²) in [5, 5.41) is 13.4. The summed E-state index contributed by atoms with van der Waals surface area (Å²) in [6, 6.07) is 0. The quantitative estimate of drug-likeness (QED) is 0.897. The molecular weight excluding hydrogens is 268 g/mol. The molecule has 0 aromatic carbocycles. The number of likely N-dealkylation sites (N-methyl/N-ethyl adjacent to an activating group) is 1. The zero-order valence-electron chi connectivity index (χ0n) is 12.4. The molecule has 0 aliphatic carbocycles. The summed E-state index contributed by atoms with van der Waals surface area (Å²) in [5.74, 6) is -0.243. The highest BCUT2D eigenvalue weighted by Gasteiger charge is 2.23. The van der Waals surface area contributed by atoms with Crippen LogP contribution < -0.4 is 0 Å². The van der Waals surface area contributed by atoms with Gasteiger partial charge in [-0.1, -0.05) is 0 Å². The molecule has 7 heteroatoms. The van der Waals surface area contributed by atoms with Crippen LogP contribution in [0.25, 0.3) is 0 Å². The van der Waals surface area contributed by atoms with Crippen LogP contribution in [0.2, 0.25) is 0 Å². The van der Waals surface area contributed by atoms with Crippen molar-refractivity contribution in [2.75, 3.05) is 13.6 Å². The molecule has 1 amide bonds. The Balaban J connectivity index is 2.86. The van der Waals surface area contributed by atoms with Gasteiger partial charge in [0.1, 0.15) is 0 Å². The van der Waals surface area contributed by atoms with Gasteiger partial charge in [-0.2, -0.15) is 13.9 Å². The molecule has 0 atom stereocenters. The minimum absolute atomic E-state index is 0.00301. The fourth-order valence-corrected chi connectivity index (χ4v) is 2.10. The second-order valence-electron chi connectivity index (χ2n) is 5.61. The van der Waals surface area contributed by atoms with E-state index in [1.165, 1.54) is 11.8 Å². The minimum Gasteiger partial charge on any atom is -0.389 e. The molecule has 1 rings (SSSR count). The molecule has 1 aromatic heterocycles. The molecule has 0 aliphatic rings. The standard InChI is InChI=1S/C13H21F2N3O2/c1-8-10(9(2)18(16-8)12(14)15)6-11(19)17(5)7-13(3,4)20/h12,20H,6-7H2,1-5H3. The van der Waals surface area contributed by atoms with Gasteiger partial charge in [0.15, 0.2) is 0 Å². The van der Waals surface area contributed by atoms with Crippen molar-refractivity contribution in [1.29, 1.82) is 0 Å². The number of alkyl halides is 2. The van der Waals surface area contributed by atoms with Crippen LogP contribution >= 0.6 is 0 Å². The molecule has 1 N–H and O–H groups in total. The molecule has 0 spiro atoms. The van der Waals surface area contributed by atoms with E-state index in [1.807, 2.05) is 0 Å². The normalized spacial score (nSPS) is 12.1. The zero-order valence-corrected chi connectivity index (χ0v) is 12.4. The smallest absolute Gasteiger partial charge is 0.333 e. The van der Waals surface area contributed by atoms with Crippen molar-refractivity contribution in [3.63, 3.8) is 0 Å². The number of hydrogen-bond donors (Lipinski definition) is 1. The zero-order chi connectivity index (χ0) is 15.7. The lowest BCUT2D eigenvalue weighted by atomic mass is 10.1. The SMILES string of the molecule is Cc1nn(C(F)F)c(C)c1CC(=O)N(C)CC(C)(C)O. The second-order valence-corrected chi connectivity index (χ2v) is 5.61. The Bertz CT molecular complexity index is 493. The highest BCUT2D eigenvalue weighted by Crippen LogP contribution is 2.20. The number of amides is 1. The first-order valence-corrected chi connectivity index (χ1v) is 6.32. The van der Waals surface area contributed by atoms with E-state index < -0.39 is 12.2 Å². The lowest BCUT2D eigenvalue weighted by Crippen LogP contribution is -2.40. The molecule has 5 nitrogen and oxygen atoms in total. The summed E-state index contributed by atoms with van der Waals surface area (Å²) in [4.78, 5) is 13.5. The minimum atomic E-state index is -2.72. The number of aliphatic hydroxyl groups is 1. The maximum absolute atomic E-state index is 12.7. The van der Waals surface area contributed by atoms with Crippen LogP contribution in [0, 0.1) is 13.8 Å². The van der Waals surface area contributed by atoms with Gasteiger partial charge >= 0.3 is 6.55 Å². The van der Waals surface area contributed by atoms with E-state index >= 15 is 0 Å². The lowest BCUT2D eigenvalue weighted by Gasteiger charge is -2.25. The largest absolute Gasteiger partial charge is 0.389 e. The van der Waals surface area contributed by atoms with Crippen LogP contribution in [0.1, 0.15) is 37.3 Å². The van der Waals surface area contributed by atoms with Gasteiger partial charge in [-0.3, -0.25) is 4.79 Å². The molecule has 114 valence electrons.